The van der Waals surface area contributed by atoms with Crippen LogP contribution in [0.4, 0.5) is 11.4 Å². The third kappa shape index (κ3) is 3.38. The number of piperidine rings is 1. The zero-order valence-electron chi connectivity index (χ0n) is 14.7. The Morgan fingerprint density at radius 2 is 1.92 bits per heavy atom. The molecule has 0 aliphatic carbocycles. The Bertz CT molecular complexity index is 833. The number of carbonyl (C=O) groups is 1. The van der Waals surface area contributed by atoms with Crippen LogP contribution in [0.1, 0.15) is 20.3 Å². The number of amidine groups is 1. The summed E-state index contributed by atoms with van der Waals surface area (Å²) in [7, 11) is 0. The molecule has 2 aromatic carbocycles. The zero-order chi connectivity index (χ0) is 17.4. The van der Waals surface area contributed by atoms with E-state index in [1.807, 2.05) is 23.1 Å². The van der Waals surface area contributed by atoms with Gasteiger partial charge in [-0.1, -0.05) is 49.9 Å². The summed E-state index contributed by atoms with van der Waals surface area (Å²) in [4.78, 5) is 19.3. The number of hydrogen-bond acceptors (Lipinski definition) is 4. The van der Waals surface area contributed by atoms with Crippen LogP contribution in [0.5, 0.6) is 0 Å². The number of hydrogen-bond donors (Lipinski definition) is 1. The molecule has 25 heavy (non-hydrogen) atoms. The third-order valence-corrected chi connectivity index (χ3v) is 5.76. The number of aliphatic imine (C=N–C) groups is 1. The molecule has 5 heteroatoms. The first kappa shape index (κ1) is 16.5. The second-order valence-electron chi connectivity index (χ2n) is 7.26. The summed E-state index contributed by atoms with van der Waals surface area (Å²) in [5.41, 5.74) is 2.04. The molecule has 2 aliphatic rings. The summed E-state index contributed by atoms with van der Waals surface area (Å²) in [6.07, 6.45) is 1.21. The van der Waals surface area contributed by atoms with E-state index < -0.39 is 0 Å². The average molecular weight is 353 g/mol. The molecule has 0 unspecified atom stereocenters. The summed E-state index contributed by atoms with van der Waals surface area (Å²) in [5.74, 6) is 1.83. The highest BCUT2D eigenvalue weighted by Gasteiger charge is 2.25. The lowest BCUT2D eigenvalue weighted by atomic mass is 9.92. The number of thioether (sulfide) groups is 1. The number of carbonyl (C=O) groups excluding carboxylic acids is 1. The summed E-state index contributed by atoms with van der Waals surface area (Å²) < 4.78 is 0. The van der Waals surface area contributed by atoms with Crippen molar-refractivity contribution < 1.29 is 4.79 Å². The molecule has 0 spiro atoms. The van der Waals surface area contributed by atoms with Crippen LogP contribution in [0, 0.1) is 11.8 Å². The lowest BCUT2D eigenvalue weighted by Crippen LogP contribution is -2.43. The van der Waals surface area contributed by atoms with Crippen LogP contribution in [0.2, 0.25) is 0 Å². The van der Waals surface area contributed by atoms with E-state index in [1.54, 1.807) is 0 Å². The van der Waals surface area contributed by atoms with Gasteiger partial charge in [0.15, 0.2) is 5.17 Å². The van der Waals surface area contributed by atoms with Crippen molar-refractivity contribution in [3.8, 4) is 0 Å². The Labute approximate surface area is 152 Å². The monoisotopic (exact) mass is 353 g/mol. The maximum absolute atomic E-state index is 12.6. The fourth-order valence-electron chi connectivity index (χ4n) is 3.93. The molecule has 4 nitrogen and oxygen atoms in total. The van der Waals surface area contributed by atoms with E-state index in [2.05, 4.69) is 37.4 Å². The van der Waals surface area contributed by atoms with E-state index in [9.17, 15) is 4.79 Å². The van der Waals surface area contributed by atoms with Gasteiger partial charge >= 0.3 is 0 Å². The van der Waals surface area contributed by atoms with Crippen molar-refractivity contribution in [2.75, 3.05) is 24.2 Å². The summed E-state index contributed by atoms with van der Waals surface area (Å²) >= 11 is 1.50. The minimum Gasteiger partial charge on any atom is -0.341 e. The van der Waals surface area contributed by atoms with Crippen LogP contribution >= 0.6 is 11.8 Å². The van der Waals surface area contributed by atoms with Crippen molar-refractivity contribution in [1.29, 1.82) is 0 Å². The van der Waals surface area contributed by atoms with Gasteiger partial charge in [-0.3, -0.25) is 4.79 Å². The second-order valence-corrected chi connectivity index (χ2v) is 8.22. The summed E-state index contributed by atoms with van der Waals surface area (Å²) in [6, 6.07) is 12.4. The van der Waals surface area contributed by atoms with Crippen LogP contribution in [0.25, 0.3) is 10.8 Å². The average Bonchev–Trinajstić information content (AvgIpc) is 2.59. The first-order valence-corrected chi connectivity index (χ1v) is 9.87. The van der Waals surface area contributed by atoms with E-state index in [1.165, 1.54) is 23.6 Å². The number of anilines is 1. The number of likely N-dealkylation sites (tertiary alicyclic amines) is 1. The largest absolute Gasteiger partial charge is 0.341 e. The predicted molar refractivity (Wildman–Crippen MR) is 107 cm³/mol. The molecule has 0 saturated carbocycles. The molecule has 2 atom stereocenters. The molecule has 0 radical (unpaired) electrons. The molecule has 2 heterocycles. The van der Waals surface area contributed by atoms with Gasteiger partial charge in [0.2, 0.25) is 5.91 Å². The Balaban J connectivity index is 1.46. The molecule has 1 amide bonds. The lowest BCUT2D eigenvalue weighted by Gasteiger charge is -2.35. The summed E-state index contributed by atoms with van der Waals surface area (Å²) in [5, 5.41) is 6.52. The fourth-order valence-corrected chi connectivity index (χ4v) is 4.72. The Morgan fingerprint density at radius 3 is 2.68 bits per heavy atom. The van der Waals surface area contributed by atoms with Gasteiger partial charge in [0.1, 0.15) is 0 Å². The van der Waals surface area contributed by atoms with Gasteiger partial charge in [0.05, 0.1) is 17.1 Å². The highest BCUT2D eigenvalue weighted by atomic mass is 32.2. The number of rotatable bonds is 2. The topological polar surface area (TPSA) is 44.7 Å². The zero-order valence-corrected chi connectivity index (χ0v) is 15.5. The first-order chi connectivity index (χ1) is 12.1. The molecular formula is C20H23N3OS. The predicted octanol–water partition coefficient (Wildman–Crippen LogP) is 4.49. The minimum absolute atomic E-state index is 0.213. The molecular weight excluding hydrogens is 330 g/mol. The highest BCUT2D eigenvalue weighted by Crippen LogP contribution is 2.37. The van der Waals surface area contributed by atoms with Gasteiger partial charge in [-0.25, -0.2) is 4.99 Å². The van der Waals surface area contributed by atoms with Crippen LogP contribution < -0.4 is 5.32 Å². The fraction of sp³-hybridized carbons (Fsp3) is 0.400. The van der Waals surface area contributed by atoms with Crippen molar-refractivity contribution >= 4 is 45.0 Å². The SMILES string of the molecule is C[C@H]1C[C@H](C)CN(C(=O)CSC2=Nc3cccc4cccc(c34)N2)C1. The van der Waals surface area contributed by atoms with Gasteiger partial charge in [-0.2, -0.15) is 0 Å². The number of nitrogens with zero attached hydrogens (tertiary/aromatic N) is 2. The lowest BCUT2D eigenvalue weighted by molar-refractivity contribution is -0.130. The van der Waals surface area contributed by atoms with Crippen molar-refractivity contribution in [3.63, 3.8) is 0 Å². The molecule has 4 rings (SSSR count). The molecule has 0 aromatic heterocycles. The maximum Gasteiger partial charge on any atom is 0.233 e. The van der Waals surface area contributed by atoms with Crippen LogP contribution in [-0.4, -0.2) is 34.8 Å². The van der Waals surface area contributed by atoms with E-state index >= 15 is 0 Å². The van der Waals surface area contributed by atoms with Crippen molar-refractivity contribution in [3.05, 3.63) is 36.4 Å². The first-order valence-electron chi connectivity index (χ1n) is 8.88. The van der Waals surface area contributed by atoms with E-state index in [-0.39, 0.29) is 5.91 Å². The highest BCUT2D eigenvalue weighted by molar-refractivity contribution is 8.14. The van der Waals surface area contributed by atoms with E-state index in [0.29, 0.717) is 17.6 Å². The quantitative estimate of drug-likeness (QED) is 0.865. The number of benzene rings is 2. The van der Waals surface area contributed by atoms with Crippen molar-refractivity contribution in [2.45, 2.75) is 20.3 Å². The van der Waals surface area contributed by atoms with Crippen LogP contribution in [0.3, 0.4) is 0 Å². The van der Waals surface area contributed by atoms with Gasteiger partial charge in [0, 0.05) is 18.5 Å². The molecule has 1 N–H and O–H groups in total. The Hall–Kier alpha value is -2.01. The molecule has 1 fully saturated rings. The molecule has 1 saturated heterocycles. The minimum atomic E-state index is 0.213. The molecule has 130 valence electrons. The van der Waals surface area contributed by atoms with Crippen molar-refractivity contribution in [2.24, 2.45) is 16.8 Å². The van der Waals surface area contributed by atoms with Gasteiger partial charge in [-0.15, -0.1) is 0 Å². The maximum atomic E-state index is 12.6. The Morgan fingerprint density at radius 1 is 1.20 bits per heavy atom. The smallest absolute Gasteiger partial charge is 0.233 e. The number of amides is 1. The van der Waals surface area contributed by atoms with Gasteiger partial charge in [-0.05, 0) is 35.8 Å². The molecule has 2 aromatic rings. The van der Waals surface area contributed by atoms with Crippen molar-refractivity contribution in [1.82, 2.24) is 4.90 Å². The van der Waals surface area contributed by atoms with E-state index in [0.717, 1.165) is 35.0 Å². The standard InChI is InChI=1S/C20H23N3OS/c1-13-9-14(2)11-23(10-13)18(24)12-25-20-21-16-7-3-5-15-6-4-8-17(22-20)19(15)16/h3-8,13-14H,9-12H2,1-2H3,(H,21,22)/t13-,14-/m0/s1. The molecule has 0 bridgehead atoms. The normalized spacial score (nSPS) is 22.5. The molecule has 2 aliphatic heterocycles. The third-order valence-electron chi connectivity index (χ3n) is 4.90. The van der Waals surface area contributed by atoms with Crippen LogP contribution in [-0.2, 0) is 4.79 Å². The van der Waals surface area contributed by atoms with E-state index in [4.69, 9.17) is 4.99 Å². The Kier molecular flexibility index (Phi) is 4.42. The van der Waals surface area contributed by atoms with Crippen LogP contribution in [0.15, 0.2) is 41.4 Å². The van der Waals surface area contributed by atoms with Gasteiger partial charge < -0.3 is 10.2 Å². The number of nitrogens with one attached hydrogen (secondary N) is 1. The summed E-state index contributed by atoms with van der Waals surface area (Å²) in [6.45, 7) is 6.22. The van der Waals surface area contributed by atoms with Gasteiger partial charge in [0.25, 0.3) is 0 Å². The second kappa shape index (κ2) is 6.71.